The van der Waals surface area contributed by atoms with Gasteiger partial charge in [-0.25, -0.2) is 0 Å². The summed E-state index contributed by atoms with van der Waals surface area (Å²) in [6, 6.07) is 13.9. The lowest BCUT2D eigenvalue weighted by Gasteiger charge is -2.29. The van der Waals surface area contributed by atoms with Crippen molar-refractivity contribution in [3.05, 3.63) is 58.7 Å². The number of hydrogen-bond acceptors (Lipinski definition) is 6. The number of anilines is 1. The van der Waals surface area contributed by atoms with E-state index in [1.807, 2.05) is 37.8 Å². The summed E-state index contributed by atoms with van der Waals surface area (Å²) >= 11 is 5.73. The Morgan fingerprint density at radius 2 is 1.86 bits per heavy atom. The van der Waals surface area contributed by atoms with Crippen molar-refractivity contribution in [1.29, 1.82) is 5.26 Å². The summed E-state index contributed by atoms with van der Waals surface area (Å²) in [6.07, 6.45) is 0.728. The standard InChI is InChI=1S/C28H34N4O3S/c1-20-17-24(8-7-23(20)18-29)32-26(33)28(3,4)31(27(32)36)10-5-13-35-25-9-6-22(16-21(25)2)19-30-11-14-34-15-12-30/h6-9,16-17H,5,10-15,19H2,1-4H3. The van der Waals surface area contributed by atoms with E-state index >= 15 is 0 Å². The van der Waals surface area contributed by atoms with E-state index in [1.54, 1.807) is 17.0 Å². The first kappa shape index (κ1) is 26.1. The van der Waals surface area contributed by atoms with E-state index in [1.165, 1.54) is 5.56 Å². The monoisotopic (exact) mass is 506 g/mol. The van der Waals surface area contributed by atoms with Crippen LogP contribution in [0.15, 0.2) is 36.4 Å². The Hall–Kier alpha value is -2.99. The van der Waals surface area contributed by atoms with Gasteiger partial charge in [-0.15, -0.1) is 0 Å². The van der Waals surface area contributed by atoms with Crippen LogP contribution >= 0.6 is 12.2 Å². The predicted octanol–water partition coefficient (Wildman–Crippen LogP) is 4.19. The highest BCUT2D eigenvalue weighted by molar-refractivity contribution is 7.80. The highest BCUT2D eigenvalue weighted by Crippen LogP contribution is 2.33. The minimum atomic E-state index is -0.754. The Labute approximate surface area is 219 Å². The van der Waals surface area contributed by atoms with Gasteiger partial charge in [-0.3, -0.25) is 14.6 Å². The smallest absolute Gasteiger partial charge is 0.258 e. The van der Waals surface area contributed by atoms with E-state index in [0.717, 1.165) is 56.1 Å². The van der Waals surface area contributed by atoms with Crippen LogP contribution < -0.4 is 9.64 Å². The molecule has 0 aromatic heterocycles. The molecule has 0 unspecified atom stereocenters. The molecule has 8 heteroatoms. The van der Waals surface area contributed by atoms with Crippen LogP contribution in [0.5, 0.6) is 5.75 Å². The normalized spacial score (nSPS) is 18.0. The largest absolute Gasteiger partial charge is 0.493 e. The van der Waals surface area contributed by atoms with E-state index in [4.69, 9.17) is 21.7 Å². The molecule has 0 atom stereocenters. The highest BCUT2D eigenvalue weighted by atomic mass is 32.1. The molecule has 0 N–H and O–H groups in total. The molecule has 2 aromatic rings. The number of aryl methyl sites for hydroxylation is 2. The molecule has 2 aliphatic heterocycles. The van der Waals surface area contributed by atoms with Crippen molar-refractivity contribution in [2.45, 2.75) is 46.2 Å². The number of nitrogens with zero attached hydrogens (tertiary/aromatic N) is 4. The molecule has 2 fully saturated rings. The quantitative estimate of drug-likeness (QED) is 0.393. The van der Waals surface area contributed by atoms with Crippen LogP contribution in [0.25, 0.3) is 0 Å². The zero-order valence-electron chi connectivity index (χ0n) is 21.5. The Bertz CT molecular complexity index is 1180. The summed E-state index contributed by atoms with van der Waals surface area (Å²) in [5.74, 6) is 0.818. The van der Waals surface area contributed by atoms with Crippen molar-refractivity contribution in [3.63, 3.8) is 0 Å². The third kappa shape index (κ3) is 5.39. The third-order valence-corrected chi connectivity index (χ3v) is 7.35. The van der Waals surface area contributed by atoms with Gasteiger partial charge in [0, 0.05) is 26.2 Å². The highest BCUT2D eigenvalue weighted by Gasteiger charge is 2.49. The number of nitriles is 1. The summed E-state index contributed by atoms with van der Waals surface area (Å²) in [5.41, 5.74) is 3.75. The van der Waals surface area contributed by atoms with Gasteiger partial charge in [-0.2, -0.15) is 5.26 Å². The zero-order valence-corrected chi connectivity index (χ0v) is 22.4. The van der Waals surface area contributed by atoms with Gasteiger partial charge in [0.1, 0.15) is 11.3 Å². The number of carbonyl (C=O) groups excluding carboxylic acids is 1. The van der Waals surface area contributed by atoms with Crippen LogP contribution in [0.4, 0.5) is 5.69 Å². The molecule has 2 aliphatic rings. The molecule has 0 bridgehead atoms. The summed E-state index contributed by atoms with van der Waals surface area (Å²) in [5, 5.41) is 9.71. The number of benzene rings is 2. The van der Waals surface area contributed by atoms with E-state index < -0.39 is 5.54 Å². The number of amides is 1. The van der Waals surface area contributed by atoms with E-state index in [9.17, 15) is 10.1 Å². The third-order valence-electron chi connectivity index (χ3n) is 6.94. The van der Waals surface area contributed by atoms with Gasteiger partial charge < -0.3 is 14.4 Å². The first-order valence-corrected chi connectivity index (χ1v) is 12.8. The molecular weight excluding hydrogens is 472 g/mol. The van der Waals surface area contributed by atoms with Gasteiger partial charge in [-0.1, -0.05) is 12.1 Å². The number of hydrogen-bond donors (Lipinski definition) is 0. The van der Waals surface area contributed by atoms with Gasteiger partial charge in [0.15, 0.2) is 5.11 Å². The Morgan fingerprint density at radius 1 is 1.11 bits per heavy atom. The lowest BCUT2D eigenvalue weighted by atomic mass is 10.0. The van der Waals surface area contributed by atoms with Crippen molar-refractivity contribution in [2.24, 2.45) is 0 Å². The van der Waals surface area contributed by atoms with Crippen LogP contribution in [0.2, 0.25) is 0 Å². The van der Waals surface area contributed by atoms with Crippen molar-refractivity contribution in [1.82, 2.24) is 9.80 Å². The molecule has 1 amide bonds. The molecule has 0 radical (unpaired) electrons. The van der Waals surface area contributed by atoms with Gasteiger partial charge in [0.25, 0.3) is 5.91 Å². The molecule has 0 aliphatic carbocycles. The van der Waals surface area contributed by atoms with E-state index in [0.29, 0.717) is 29.5 Å². The molecule has 2 saturated heterocycles. The van der Waals surface area contributed by atoms with Crippen LogP contribution in [0, 0.1) is 25.2 Å². The predicted molar refractivity (Wildman–Crippen MR) is 144 cm³/mol. The van der Waals surface area contributed by atoms with Gasteiger partial charge in [0.2, 0.25) is 0 Å². The first-order chi connectivity index (χ1) is 17.2. The first-order valence-electron chi connectivity index (χ1n) is 12.4. The fourth-order valence-corrected chi connectivity index (χ4v) is 5.25. The average molecular weight is 507 g/mol. The molecule has 4 rings (SSSR count). The number of ether oxygens (including phenoxy) is 2. The molecule has 2 heterocycles. The van der Waals surface area contributed by atoms with Crippen molar-refractivity contribution in [3.8, 4) is 11.8 Å². The number of carbonyl (C=O) groups is 1. The summed E-state index contributed by atoms with van der Waals surface area (Å²) in [6.45, 7) is 13.3. The Balaban J connectivity index is 1.34. The minimum Gasteiger partial charge on any atom is -0.493 e. The topological polar surface area (TPSA) is 69.0 Å². The Morgan fingerprint density at radius 3 is 2.53 bits per heavy atom. The lowest BCUT2D eigenvalue weighted by Crippen LogP contribution is -2.44. The van der Waals surface area contributed by atoms with Gasteiger partial charge in [-0.05, 0) is 87.3 Å². The van der Waals surface area contributed by atoms with Crippen molar-refractivity contribution < 1.29 is 14.3 Å². The van der Waals surface area contributed by atoms with Crippen LogP contribution in [0.1, 0.15) is 42.5 Å². The molecule has 0 saturated carbocycles. The van der Waals surface area contributed by atoms with Crippen LogP contribution in [0.3, 0.4) is 0 Å². The summed E-state index contributed by atoms with van der Waals surface area (Å²) in [7, 11) is 0. The number of rotatable bonds is 8. The molecule has 2 aromatic carbocycles. The molecule has 190 valence electrons. The second kappa shape index (κ2) is 11.0. The fraction of sp³-hybridized carbons (Fsp3) is 0.464. The van der Waals surface area contributed by atoms with E-state index in [2.05, 4.69) is 30.0 Å². The van der Waals surface area contributed by atoms with E-state index in [-0.39, 0.29) is 5.91 Å². The molecular formula is C28H34N4O3S. The number of thiocarbonyl (C=S) groups is 1. The maximum absolute atomic E-state index is 13.3. The Kier molecular flexibility index (Phi) is 7.94. The van der Waals surface area contributed by atoms with Crippen molar-refractivity contribution in [2.75, 3.05) is 44.4 Å². The summed E-state index contributed by atoms with van der Waals surface area (Å²) < 4.78 is 11.5. The molecule has 36 heavy (non-hydrogen) atoms. The molecule has 7 nitrogen and oxygen atoms in total. The fourth-order valence-electron chi connectivity index (χ4n) is 4.75. The van der Waals surface area contributed by atoms with Crippen LogP contribution in [-0.2, 0) is 16.1 Å². The maximum atomic E-state index is 13.3. The lowest BCUT2D eigenvalue weighted by molar-refractivity contribution is -0.123. The zero-order chi connectivity index (χ0) is 25.9. The summed E-state index contributed by atoms with van der Waals surface area (Å²) in [4.78, 5) is 19.2. The van der Waals surface area contributed by atoms with Gasteiger partial charge in [0.05, 0.1) is 37.1 Å². The number of morpholine rings is 1. The van der Waals surface area contributed by atoms with Crippen LogP contribution in [-0.4, -0.2) is 65.8 Å². The maximum Gasteiger partial charge on any atom is 0.258 e. The second-order valence-electron chi connectivity index (χ2n) is 9.94. The molecule has 0 spiro atoms. The van der Waals surface area contributed by atoms with Gasteiger partial charge >= 0.3 is 0 Å². The second-order valence-corrected chi connectivity index (χ2v) is 10.3. The average Bonchev–Trinajstić information content (AvgIpc) is 3.02. The minimum absolute atomic E-state index is 0.0655. The SMILES string of the molecule is Cc1cc(N2C(=O)C(C)(C)N(CCCOc3ccc(CN4CCOCC4)cc3C)C2=S)ccc1C#N. The van der Waals surface area contributed by atoms with Crippen molar-refractivity contribution >= 4 is 28.9 Å².